The number of hydrogen-bond acceptors (Lipinski definition) is 4. The summed E-state index contributed by atoms with van der Waals surface area (Å²) in [6, 6.07) is 3.34. The molecule has 1 aliphatic carbocycles. The van der Waals surface area contributed by atoms with Gasteiger partial charge in [-0.25, -0.2) is 0 Å². The van der Waals surface area contributed by atoms with Crippen molar-refractivity contribution in [2.75, 3.05) is 32.8 Å². The molecule has 1 aromatic heterocycles. The van der Waals surface area contributed by atoms with Crippen molar-refractivity contribution in [2.45, 2.75) is 51.6 Å². The number of hydrogen-bond donors (Lipinski definition) is 3. The molecule has 26 heavy (non-hydrogen) atoms. The lowest BCUT2D eigenvalue weighted by Crippen LogP contribution is -2.41. The third kappa shape index (κ3) is 7.91. The molecule has 1 fully saturated rings. The van der Waals surface area contributed by atoms with E-state index in [2.05, 4.69) is 20.9 Å². The van der Waals surface area contributed by atoms with Gasteiger partial charge in [0, 0.05) is 19.6 Å². The summed E-state index contributed by atoms with van der Waals surface area (Å²) in [4.78, 5) is 16.3. The zero-order valence-corrected chi connectivity index (χ0v) is 15.8. The van der Waals surface area contributed by atoms with Crippen molar-refractivity contribution in [3.63, 3.8) is 0 Å². The molecule has 0 atom stereocenters. The summed E-state index contributed by atoms with van der Waals surface area (Å²) in [7, 11) is 0. The summed E-state index contributed by atoms with van der Waals surface area (Å²) in [6.07, 6.45) is 9.48. The van der Waals surface area contributed by atoms with E-state index in [9.17, 15) is 4.79 Å². The van der Waals surface area contributed by atoms with Crippen LogP contribution < -0.4 is 16.0 Å². The molecule has 0 aromatic carbocycles. The van der Waals surface area contributed by atoms with E-state index in [1.807, 2.05) is 6.92 Å². The number of nitrogens with zero attached hydrogens (tertiary/aromatic N) is 1. The van der Waals surface area contributed by atoms with Crippen LogP contribution in [0.25, 0.3) is 0 Å². The first-order valence-corrected chi connectivity index (χ1v) is 9.75. The van der Waals surface area contributed by atoms with Gasteiger partial charge in [-0.1, -0.05) is 25.7 Å². The van der Waals surface area contributed by atoms with Crippen LogP contribution in [0.15, 0.2) is 27.8 Å². The molecule has 0 bridgehead atoms. The zero-order chi connectivity index (χ0) is 18.5. The molecule has 7 nitrogen and oxygen atoms in total. The van der Waals surface area contributed by atoms with Gasteiger partial charge in [0.05, 0.1) is 25.5 Å². The van der Waals surface area contributed by atoms with E-state index in [4.69, 9.17) is 9.15 Å². The molecule has 1 aromatic rings. The number of ether oxygens (including phenoxy) is 1. The van der Waals surface area contributed by atoms with E-state index < -0.39 is 0 Å². The Balaban J connectivity index is 1.61. The Hall–Kier alpha value is -2.02. The van der Waals surface area contributed by atoms with Gasteiger partial charge < -0.3 is 25.1 Å². The predicted molar refractivity (Wildman–Crippen MR) is 102 cm³/mol. The average Bonchev–Trinajstić information content (AvgIpc) is 3.07. The normalized spacial score (nSPS) is 16.1. The molecular weight excluding hydrogens is 332 g/mol. The predicted octanol–water partition coefficient (Wildman–Crippen LogP) is 2.30. The van der Waals surface area contributed by atoms with Gasteiger partial charge in [0.1, 0.15) is 0 Å². The fourth-order valence-electron chi connectivity index (χ4n) is 2.98. The molecule has 1 saturated carbocycles. The minimum Gasteiger partial charge on any atom is -0.459 e. The van der Waals surface area contributed by atoms with Crippen LogP contribution in [0.3, 0.4) is 0 Å². The van der Waals surface area contributed by atoms with Gasteiger partial charge in [0.15, 0.2) is 11.7 Å². The van der Waals surface area contributed by atoms with Crippen molar-refractivity contribution in [2.24, 2.45) is 4.99 Å². The third-order valence-corrected chi connectivity index (χ3v) is 4.31. The number of carbonyl (C=O) groups excluding carboxylic acids is 1. The summed E-state index contributed by atoms with van der Waals surface area (Å²) in [5.74, 6) is 0.848. The van der Waals surface area contributed by atoms with Gasteiger partial charge in [-0.05, 0) is 31.9 Å². The van der Waals surface area contributed by atoms with Gasteiger partial charge in [-0.15, -0.1) is 0 Å². The molecule has 0 saturated heterocycles. The molecule has 1 aliphatic rings. The van der Waals surface area contributed by atoms with E-state index in [1.165, 1.54) is 44.8 Å². The van der Waals surface area contributed by atoms with Crippen LogP contribution in [0.1, 0.15) is 56.0 Å². The van der Waals surface area contributed by atoms with Crippen LogP contribution in [0.2, 0.25) is 0 Å². The van der Waals surface area contributed by atoms with Crippen LogP contribution in [-0.2, 0) is 4.74 Å². The highest BCUT2D eigenvalue weighted by Gasteiger charge is 2.12. The van der Waals surface area contributed by atoms with Crippen molar-refractivity contribution in [1.82, 2.24) is 16.0 Å². The maximum Gasteiger partial charge on any atom is 0.287 e. The monoisotopic (exact) mass is 364 g/mol. The van der Waals surface area contributed by atoms with E-state index >= 15 is 0 Å². The van der Waals surface area contributed by atoms with Crippen LogP contribution >= 0.6 is 0 Å². The zero-order valence-electron chi connectivity index (χ0n) is 15.8. The summed E-state index contributed by atoms with van der Waals surface area (Å²) in [5.41, 5.74) is 0. The summed E-state index contributed by atoms with van der Waals surface area (Å²) in [5, 5.41) is 9.20. The fourth-order valence-corrected chi connectivity index (χ4v) is 2.98. The molecule has 0 radical (unpaired) electrons. The molecule has 1 heterocycles. The van der Waals surface area contributed by atoms with Crippen LogP contribution in [-0.4, -0.2) is 50.8 Å². The molecule has 146 valence electrons. The highest BCUT2D eigenvalue weighted by atomic mass is 16.5. The van der Waals surface area contributed by atoms with Crippen molar-refractivity contribution < 1.29 is 13.9 Å². The topological polar surface area (TPSA) is 87.9 Å². The van der Waals surface area contributed by atoms with Gasteiger partial charge in [0.2, 0.25) is 0 Å². The minimum atomic E-state index is -0.212. The lowest BCUT2D eigenvalue weighted by molar-refractivity contribution is 0.0487. The second-order valence-electron chi connectivity index (χ2n) is 6.40. The van der Waals surface area contributed by atoms with E-state index in [0.29, 0.717) is 38.1 Å². The summed E-state index contributed by atoms with van der Waals surface area (Å²) >= 11 is 0. The Morgan fingerprint density at radius 2 is 1.96 bits per heavy atom. The van der Waals surface area contributed by atoms with E-state index in [1.54, 1.807) is 12.1 Å². The van der Waals surface area contributed by atoms with Crippen LogP contribution in [0, 0.1) is 0 Å². The second kappa shape index (κ2) is 12.4. The summed E-state index contributed by atoms with van der Waals surface area (Å²) in [6.45, 7) is 5.16. The lowest BCUT2D eigenvalue weighted by Gasteiger charge is -2.15. The molecule has 0 aliphatic heterocycles. The maximum atomic E-state index is 11.8. The van der Waals surface area contributed by atoms with Crippen LogP contribution in [0.5, 0.6) is 0 Å². The van der Waals surface area contributed by atoms with E-state index in [-0.39, 0.29) is 5.91 Å². The minimum absolute atomic E-state index is 0.212. The number of furan rings is 1. The molecular formula is C19H32N4O3. The first-order valence-electron chi connectivity index (χ1n) is 9.75. The molecule has 0 spiro atoms. The van der Waals surface area contributed by atoms with Gasteiger partial charge in [0.25, 0.3) is 5.91 Å². The summed E-state index contributed by atoms with van der Waals surface area (Å²) < 4.78 is 11.0. The molecule has 2 rings (SSSR count). The number of aliphatic imine (C=N–C) groups is 1. The van der Waals surface area contributed by atoms with Crippen LogP contribution in [0.4, 0.5) is 0 Å². The Morgan fingerprint density at radius 3 is 2.65 bits per heavy atom. The van der Waals surface area contributed by atoms with Crippen molar-refractivity contribution in [3.05, 3.63) is 24.2 Å². The number of amides is 1. The lowest BCUT2D eigenvalue weighted by atomic mass is 10.1. The molecule has 1 amide bonds. The molecule has 3 N–H and O–H groups in total. The Labute approximate surface area is 156 Å². The second-order valence-corrected chi connectivity index (χ2v) is 6.40. The van der Waals surface area contributed by atoms with Gasteiger partial charge in [-0.3, -0.25) is 9.79 Å². The Morgan fingerprint density at radius 1 is 1.19 bits per heavy atom. The van der Waals surface area contributed by atoms with Crippen molar-refractivity contribution in [3.8, 4) is 0 Å². The Bertz CT molecular complexity index is 523. The molecule has 7 heteroatoms. The number of carbonyl (C=O) groups is 1. The largest absolute Gasteiger partial charge is 0.459 e. The van der Waals surface area contributed by atoms with E-state index in [0.717, 1.165) is 12.5 Å². The number of guanidine groups is 1. The third-order valence-electron chi connectivity index (χ3n) is 4.31. The smallest absolute Gasteiger partial charge is 0.287 e. The fraction of sp³-hybridized carbons (Fsp3) is 0.684. The number of rotatable bonds is 9. The Kier molecular flexibility index (Phi) is 9.64. The van der Waals surface area contributed by atoms with Crippen molar-refractivity contribution >= 4 is 11.9 Å². The van der Waals surface area contributed by atoms with Crippen molar-refractivity contribution in [1.29, 1.82) is 0 Å². The quantitative estimate of drug-likeness (QED) is 0.271. The average molecular weight is 364 g/mol. The van der Waals surface area contributed by atoms with Gasteiger partial charge >= 0.3 is 0 Å². The highest BCUT2D eigenvalue weighted by Crippen LogP contribution is 2.19. The maximum absolute atomic E-state index is 11.8. The first kappa shape index (κ1) is 20.3. The highest BCUT2D eigenvalue weighted by molar-refractivity contribution is 5.91. The number of nitrogens with one attached hydrogen (secondary N) is 3. The first-order chi connectivity index (χ1) is 12.8. The standard InChI is InChI=1S/C19H32N4O3/c1-2-20-19(22-12-11-21-18(24)17-10-7-14-26-17)23-13-15-25-16-8-5-3-4-6-9-16/h7,10,14,16H,2-6,8-9,11-13,15H2,1H3,(H,21,24)(H2,20,22,23). The SMILES string of the molecule is CCNC(=NCCOC1CCCCCC1)NCCNC(=O)c1ccco1. The van der Waals surface area contributed by atoms with Gasteiger partial charge in [-0.2, -0.15) is 0 Å². The molecule has 0 unspecified atom stereocenters.